The van der Waals surface area contributed by atoms with Gasteiger partial charge in [-0.05, 0) is 37.1 Å². The minimum Gasteiger partial charge on any atom is -0.361 e. The molecule has 0 saturated carbocycles. The lowest BCUT2D eigenvalue weighted by Gasteiger charge is -2.16. The summed E-state index contributed by atoms with van der Waals surface area (Å²) in [4.78, 5) is 13.7. The third-order valence-electron chi connectivity index (χ3n) is 4.15. The van der Waals surface area contributed by atoms with Crippen LogP contribution in [0.5, 0.6) is 0 Å². The SMILES string of the molecule is Cc1cc(CN(C)C(=O)/C=C/c2ccc(N3CCCS3(=O)=O)cc2)no1. The number of aromatic nitrogens is 1. The van der Waals surface area contributed by atoms with Crippen LogP contribution in [0.2, 0.25) is 0 Å². The molecular weight excluding hydrogens is 354 g/mol. The third kappa shape index (κ3) is 4.13. The molecule has 1 amide bonds. The predicted molar refractivity (Wildman–Crippen MR) is 98.9 cm³/mol. The fourth-order valence-electron chi connectivity index (χ4n) is 2.79. The highest BCUT2D eigenvalue weighted by molar-refractivity contribution is 7.93. The average molecular weight is 375 g/mol. The second-order valence-electron chi connectivity index (χ2n) is 6.29. The van der Waals surface area contributed by atoms with E-state index in [4.69, 9.17) is 4.52 Å². The summed E-state index contributed by atoms with van der Waals surface area (Å²) in [5.74, 6) is 0.744. The second-order valence-corrected chi connectivity index (χ2v) is 8.30. The zero-order chi connectivity index (χ0) is 18.7. The van der Waals surface area contributed by atoms with Crippen LogP contribution in [0.25, 0.3) is 6.08 Å². The molecule has 0 spiro atoms. The quantitative estimate of drug-likeness (QED) is 0.748. The Hall–Kier alpha value is -2.61. The van der Waals surface area contributed by atoms with Crippen LogP contribution < -0.4 is 4.31 Å². The van der Waals surface area contributed by atoms with Crippen LogP contribution in [0.15, 0.2) is 40.9 Å². The Morgan fingerprint density at radius 2 is 2.08 bits per heavy atom. The van der Waals surface area contributed by atoms with Gasteiger partial charge in [-0.1, -0.05) is 17.3 Å². The van der Waals surface area contributed by atoms with Crippen molar-refractivity contribution in [2.45, 2.75) is 19.9 Å². The number of nitrogens with zero attached hydrogens (tertiary/aromatic N) is 3. The Kier molecular flexibility index (Phi) is 5.13. The maximum Gasteiger partial charge on any atom is 0.246 e. The Labute approximate surface area is 152 Å². The van der Waals surface area contributed by atoms with E-state index in [1.165, 1.54) is 10.4 Å². The van der Waals surface area contributed by atoms with E-state index < -0.39 is 10.0 Å². The number of amides is 1. The summed E-state index contributed by atoms with van der Waals surface area (Å²) in [6, 6.07) is 8.91. The van der Waals surface area contributed by atoms with E-state index in [2.05, 4.69) is 5.16 Å². The number of hydrogen-bond acceptors (Lipinski definition) is 5. The van der Waals surface area contributed by atoms with Gasteiger partial charge in [0.05, 0.1) is 18.0 Å². The number of rotatable bonds is 5. The summed E-state index contributed by atoms with van der Waals surface area (Å²) in [6.45, 7) is 2.68. The number of likely N-dealkylation sites (N-methyl/N-ethyl adjacent to an activating group) is 1. The highest BCUT2D eigenvalue weighted by Crippen LogP contribution is 2.24. The van der Waals surface area contributed by atoms with E-state index in [1.807, 2.05) is 0 Å². The van der Waals surface area contributed by atoms with Crippen LogP contribution in [-0.4, -0.2) is 43.7 Å². The van der Waals surface area contributed by atoms with Crippen LogP contribution in [0.1, 0.15) is 23.4 Å². The number of hydrogen-bond donors (Lipinski definition) is 0. The number of anilines is 1. The van der Waals surface area contributed by atoms with Crippen molar-refractivity contribution < 1.29 is 17.7 Å². The first-order valence-corrected chi connectivity index (χ1v) is 9.92. The predicted octanol–water partition coefficient (Wildman–Crippen LogP) is 2.19. The summed E-state index contributed by atoms with van der Waals surface area (Å²) in [6.07, 6.45) is 3.83. The molecule has 8 heteroatoms. The normalized spacial score (nSPS) is 16.3. The largest absolute Gasteiger partial charge is 0.361 e. The molecule has 1 fully saturated rings. The Balaban J connectivity index is 1.62. The summed E-state index contributed by atoms with van der Waals surface area (Å²) in [5, 5.41) is 3.87. The van der Waals surface area contributed by atoms with E-state index in [0.29, 0.717) is 36.7 Å². The highest BCUT2D eigenvalue weighted by Gasteiger charge is 2.28. The molecular formula is C18H21N3O4S. The molecule has 1 aliphatic rings. The monoisotopic (exact) mass is 375 g/mol. The molecule has 3 rings (SSSR count). The molecule has 138 valence electrons. The van der Waals surface area contributed by atoms with Crippen LogP contribution >= 0.6 is 0 Å². The lowest BCUT2D eigenvalue weighted by atomic mass is 10.2. The van der Waals surface area contributed by atoms with Gasteiger partial charge in [0.15, 0.2) is 0 Å². The van der Waals surface area contributed by atoms with Gasteiger partial charge in [-0.25, -0.2) is 8.42 Å². The average Bonchev–Trinajstić information content (AvgIpc) is 3.17. The lowest BCUT2D eigenvalue weighted by Crippen LogP contribution is -2.24. The molecule has 1 aliphatic heterocycles. The standard InChI is InChI=1S/C18H21N3O4S/c1-14-12-16(19-25-14)13-20(2)18(22)9-6-15-4-7-17(8-5-15)21-10-3-11-26(21,23)24/h4-9,12H,3,10-11,13H2,1-2H3/b9-6+. The summed E-state index contributed by atoms with van der Waals surface area (Å²) in [7, 11) is -1.48. The Morgan fingerprint density at radius 1 is 1.35 bits per heavy atom. The lowest BCUT2D eigenvalue weighted by molar-refractivity contribution is -0.125. The van der Waals surface area contributed by atoms with Crippen molar-refractivity contribution in [1.82, 2.24) is 10.1 Å². The molecule has 0 radical (unpaired) electrons. The van der Waals surface area contributed by atoms with Gasteiger partial charge in [-0.3, -0.25) is 9.10 Å². The van der Waals surface area contributed by atoms with Gasteiger partial charge in [0.25, 0.3) is 0 Å². The van der Waals surface area contributed by atoms with Crippen LogP contribution in [-0.2, 0) is 21.4 Å². The van der Waals surface area contributed by atoms with E-state index >= 15 is 0 Å². The highest BCUT2D eigenvalue weighted by atomic mass is 32.2. The topological polar surface area (TPSA) is 83.7 Å². The molecule has 1 saturated heterocycles. The first-order valence-electron chi connectivity index (χ1n) is 8.31. The van der Waals surface area contributed by atoms with Gasteiger partial charge in [0.2, 0.25) is 15.9 Å². The smallest absolute Gasteiger partial charge is 0.246 e. The van der Waals surface area contributed by atoms with Crippen molar-refractivity contribution in [3.05, 3.63) is 53.4 Å². The van der Waals surface area contributed by atoms with Crippen molar-refractivity contribution in [3.8, 4) is 0 Å². The molecule has 0 aliphatic carbocycles. The second kappa shape index (κ2) is 7.33. The third-order valence-corrected chi connectivity index (χ3v) is 6.02. The maximum absolute atomic E-state index is 12.2. The number of carbonyl (C=O) groups is 1. The number of benzene rings is 1. The molecule has 0 N–H and O–H groups in total. The molecule has 2 aromatic rings. The van der Waals surface area contributed by atoms with Crippen molar-refractivity contribution in [1.29, 1.82) is 0 Å². The van der Waals surface area contributed by atoms with Crippen LogP contribution in [0, 0.1) is 6.92 Å². The van der Waals surface area contributed by atoms with E-state index in [-0.39, 0.29) is 11.7 Å². The number of sulfonamides is 1. The fraction of sp³-hybridized carbons (Fsp3) is 0.333. The van der Waals surface area contributed by atoms with Crippen LogP contribution in [0.3, 0.4) is 0 Å². The van der Waals surface area contributed by atoms with E-state index in [0.717, 1.165) is 5.56 Å². The van der Waals surface area contributed by atoms with E-state index in [9.17, 15) is 13.2 Å². The summed E-state index contributed by atoms with van der Waals surface area (Å²) in [5.41, 5.74) is 2.18. The zero-order valence-corrected chi connectivity index (χ0v) is 15.6. The van der Waals surface area contributed by atoms with Gasteiger partial charge >= 0.3 is 0 Å². The zero-order valence-electron chi connectivity index (χ0n) is 14.8. The fourth-order valence-corrected chi connectivity index (χ4v) is 4.35. The Morgan fingerprint density at radius 3 is 2.65 bits per heavy atom. The first-order chi connectivity index (χ1) is 12.3. The molecule has 0 bridgehead atoms. The molecule has 1 aromatic carbocycles. The van der Waals surface area contributed by atoms with Gasteiger partial charge in [-0.2, -0.15) is 0 Å². The first kappa shape index (κ1) is 18.2. The number of aryl methyl sites for hydroxylation is 1. The molecule has 0 atom stereocenters. The summed E-state index contributed by atoms with van der Waals surface area (Å²) < 4.78 is 30.3. The molecule has 1 aromatic heterocycles. The minimum atomic E-state index is -3.18. The van der Waals surface area contributed by atoms with Crippen molar-refractivity contribution in [2.24, 2.45) is 0 Å². The maximum atomic E-state index is 12.2. The molecule has 26 heavy (non-hydrogen) atoms. The van der Waals surface area contributed by atoms with E-state index in [1.54, 1.807) is 55.3 Å². The molecule has 2 heterocycles. The Bertz CT molecular complexity index is 916. The minimum absolute atomic E-state index is 0.156. The number of carbonyl (C=O) groups excluding carboxylic acids is 1. The van der Waals surface area contributed by atoms with Crippen molar-refractivity contribution >= 4 is 27.7 Å². The van der Waals surface area contributed by atoms with Gasteiger partial charge in [0, 0.05) is 25.7 Å². The van der Waals surface area contributed by atoms with Crippen molar-refractivity contribution in [2.75, 3.05) is 23.7 Å². The van der Waals surface area contributed by atoms with Crippen LogP contribution in [0.4, 0.5) is 5.69 Å². The van der Waals surface area contributed by atoms with Gasteiger partial charge in [-0.15, -0.1) is 0 Å². The van der Waals surface area contributed by atoms with Gasteiger partial charge in [0.1, 0.15) is 11.5 Å². The molecule has 0 unspecified atom stereocenters. The summed E-state index contributed by atoms with van der Waals surface area (Å²) >= 11 is 0. The van der Waals surface area contributed by atoms with Gasteiger partial charge < -0.3 is 9.42 Å². The molecule has 7 nitrogen and oxygen atoms in total. The van der Waals surface area contributed by atoms with Crippen molar-refractivity contribution in [3.63, 3.8) is 0 Å².